The van der Waals surface area contributed by atoms with E-state index >= 15 is 0 Å². The third kappa shape index (κ3) is 3.33. The van der Waals surface area contributed by atoms with Gasteiger partial charge in [-0.05, 0) is 51.6 Å². The van der Waals surface area contributed by atoms with Gasteiger partial charge >= 0.3 is 0 Å². The van der Waals surface area contributed by atoms with Crippen LogP contribution in [0.25, 0.3) is 0 Å². The predicted octanol–water partition coefficient (Wildman–Crippen LogP) is 3.02. The molecule has 1 aliphatic carbocycles. The second-order valence-electron chi connectivity index (χ2n) is 8.96. The van der Waals surface area contributed by atoms with Crippen molar-refractivity contribution in [2.24, 2.45) is 7.05 Å². The van der Waals surface area contributed by atoms with Gasteiger partial charge in [-0.25, -0.2) is 0 Å². The lowest BCUT2D eigenvalue weighted by molar-refractivity contribution is -0.0196. The van der Waals surface area contributed by atoms with Crippen LogP contribution in [0.3, 0.4) is 0 Å². The van der Waals surface area contributed by atoms with Gasteiger partial charge in [0.15, 0.2) is 5.69 Å². The highest BCUT2D eigenvalue weighted by atomic mass is 16.5. The van der Waals surface area contributed by atoms with E-state index in [0.717, 1.165) is 68.5 Å². The molecule has 1 saturated heterocycles. The van der Waals surface area contributed by atoms with Crippen LogP contribution in [0, 0.1) is 0 Å². The van der Waals surface area contributed by atoms with Crippen LogP contribution in [0.2, 0.25) is 0 Å². The van der Waals surface area contributed by atoms with Crippen molar-refractivity contribution in [3.63, 3.8) is 0 Å². The standard InChI is InChI=1S/C23H30N4O2/c1-26-13-11-23(12-14-26)15-18(16-7-4-6-10-20(16)29-23)24-22(28)21-17-8-3-5-9-19(17)27(2)25-21/h4,6-7,10,18H,3,5,8-9,11-15H2,1-2H3,(H,24,28)/t18-/m0/s1. The normalized spacial score (nSPS) is 23.2. The number of nitrogens with zero attached hydrogens (tertiary/aromatic N) is 3. The van der Waals surface area contributed by atoms with Gasteiger partial charge in [-0.3, -0.25) is 9.48 Å². The quantitative estimate of drug-likeness (QED) is 0.851. The maximum Gasteiger partial charge on any atom is 0.272 e. The molecule has 154 valence electrons. The molecule has 1 atom stereocenters. The van der Waals surface area contributed by atoms with E-state index in [9.17, 15) is 4.79 Å². The molecule has 0 bridgehead atoms. The number of piperidine rings is 1. The molecule has 1 fully saturated rings. The number of benzene rings is 1. The fraction of sp³-hybridized carbons (Fsp3) is 0.565. The third-order valence-corrected chi connectivity index (χ3v) is 6.98. The number of ether oxygens (including phenoxy) is 1. The highest BCUT2D eigenvalue weighted by Crippen LogP contribution is 2.44. The molecule has 29 heavy (non-hydrogen) atoms. The Kier molecular flexibility index (Phi) is 4.62. The van der Waals surface area contributed by atoms with Gasteiger partial charge in [-0.1, -0.05) is 18.2 Å². The van der Waals surface area contributed by atoms with Gasteiger partial charge in [0.05, 0.1) is 6.04 Å². The Morgan fingerprint density at radius 2 is 1.93 bits per heavy atom. The molecule has 2 aliphatic heterocycles. The summed E-state index contributed by atoms with van der Waals surface area (Å²) < 4.78 is 8.43. The van der Waals surface area contributed by atoms with Gasteiger partial charge in [0.25, 0.3) is 5.91 Å². The summed E-state index contributed by atoms with van der Waals surface area (Å²) in [7, 11) is 4.12. The highest BCUT2D eigenvalue weighted by molar-refractivity contribution is 5.94. The van der Waals surface area contributed by atoms with E-state index < -0.39 is 0 Å². The minimum atomic E-state index is -0.192. The SMILES string of the molecule is CN1CCC2(CC1)C[C@H](NC(=O)c1nn(C)c3c1CCCC3)c1ccccc1O2. The number of rotatable bonds is 2. The summed E-state index contributed by atoms with van der Waals surface area (Å²) in [6, 6.07) is 8.11. The molecule has 1 amide bonds. The number of carbonyl (C=O) groups is 1. The van der Waals surface area contributed by atoms with Gasteiger partial charge in [-0.2, -0.15) is 5.10 Å². The minimum absolute atomic E-state index is 0.0443. The zero-order valence-electron chi connectivity index (χ0n) is 17.4. The smallest absolute Gasteiger partial charge is 0.272 e. The van der Waals surface area contributed by atoms with Crippen molar-refractivity contribution in [3.8, 4) is 5.75 Å². The van der Waals surface area contributed by atoms with Gasteiger partial charge in [0.1, 0.15) is 11.4 Å². The summed E-state index contributed by atoms with van der Waals surface area (Å²) in [5.41, 5.74) is 3.87. The van der Waals surface area contributed by atoms with E-state index in [4.69, 9.17) is 4.74 Å². The van der Waals surface area contributed by atoms with Gasteiger partial charge in [0.2, 0.25) is 0 Å². The molecular weight excluding hydrogens is 364 g/mol. The number of likely N-dealkylation sites (tertiary alicyclic amines) is 1. The topological polar surface area (TPSA) is 59.4 Å². The van der Waals surface area contributed by atoms with Crippen LogP contribution >= 0.6 is 0 Å². The molecule has 3 heterocycles. The summed E-state index contributed by atoms with van der Waals surface area (Å²) in [6.45, 7) is 2.05. The first-order chi connectivity index (χ1) is 14.0. The Hall–Kier alpha value is -2.34. The zero-order valence-corrected chi connectivity index (χ0v) is 17.4. The van der Waals surface area contributed by atoms with Crippen LogP contribution in [0.4, 0.5) is 0 Å². The molecule has 0 saturated carbocycles. The fourth-order valence-electron chi connectivity index (χ4n) is 5.26. The Morgan fingerprint density at radius 3 is 2.76 bits per heavy atom. The second-order valence-corrected chi connectivity index (χ2v) is 8.96. The fourth-order valence-corrected chi connectivity index (χ4v) is 5.26. The Bertz CT molecular complexity index is 927. The van der Waals surface area contributed by atoms with Crippen molar-refractivity contribution in [3.05, 3.63) is 46.8 Å². The molecule has 0 radical (unpaired) electrons. The molecular formula is C23H30N4O2. The number of carbonyl (C=O) groups excluding carboxylic acids is 1. The number of hydrogen-bond acceptors (Lipinski definition) is 4. The number of amides is 1. The van der Waals surface area contributed by atoms with E-state index in [2.05, 4.69) is 28.4 Å². The van der Waals surface area contributed by atoms with Crippen molar-refractivity contribution >= 4 is 5.91 Å². The summed E-state index contributed by atoms with van der Waals surface area (Å²) in [6.07, 6.45) is 7.08. The maximum atomic E-state index is 13.3. The molecule has 1 N–H and O–H groups in total. The van der Waals surface area contributed by atoms with Crippen molar-refractivity contribution in [2.45, 2.75) is 56.6 Å². The summed E-state index contributed by atoms with van der Waals surface area (Å²) >= 11 is 0. The van der Waals surface area contributed by atoms with Crippen LogP contribution < -0.4 is 10.1 Å². The highest BCUT2D eigenvalue weighted by Gasteiger charge is 2.43. The third-order valence-electron chi connectivity index (χ3n) is 6.98. The Labute approximate surface area is 172 Å². The van der Waals surface area contributed by atoms with Crippen molar-refractivity contribution in [2.75, 3.05) is 20.1 Å². The van der Waals surface area contributed by atoms with E-state index in [-0.39, 0.29) is 17.6 Å². The van der Waals surface area contributed by atoms with Crippen LogP contribution in [-0.2, 0) is 19.9 Å². The first-order valence-electron chi connectivity index (χ1n) is 10.9. The van der Waals surface area contributed by atoms with Gasteiger partial charge in [0, 0.05) is 43.4 Å². The number of aryl methyl sites for hydroxylation is 1. The Morgan fingerprint density at radius 1 is 1.17 bits per heavy atom. The average molecular weight is 395 g/mol. The lowest BCUT2D eigenvalue weighted by Crippen LogP contribution is -2.51. The largest absolute Gasteiger partial charge is 0.487 e. The van der Waals surface area contributed by atoms with E-state index in [1.54, 1.807) is 0 Å². The summed E-state index contributed by atoms with van der Waals surface area (Å²) in [5, 5.41) is 7.92. The first kappa shape index (κ1) is 18.7. The number of hydrogen-bond donors (Lipinski definition) is 1. The Balaban J connectivity index is 1.43. The average Bonchev–Trinajstić information content (AvgIpc) is 3.08. The number of aromatic nitrogens is 2. The molecule has 0 unspecified atom stereocenters. The predicted molar refractivity (Wildman–Crippen MR) is 111 cm³/mol. The van der Waals surface area contributed by atoms with Crippen molar-refractivity contribution in [1.82, 2.24) is 20.0 Å². The second kappa shape index (κ2) is 7.17. The van der Waals surface area contributed by atoms with Gasteiger partial charge < -0.3 is 15.0 Å². The molecule has 6 heteroatoms. The zero-order chi connectivity index (χ0) is 20.0. The maximum absolute atomic E-state index is 13.3. The molecule has 2 aromatic rings. The van der Waals surface area contributed by atoms with E-state index in [1.807, 2.05) is 29.9 Å². The number of para-hydroxylation sites is 1. The molecule has 3 aliphatic rings. The molecule has 6 nitrogen and oxygen atoms in total. The molecule has 1 aromatic carbocycles. The minimum Gasteiger partial charge on any atom is -0.487 e. The molecule has 5 rings (SSSR count). The van der Waals surface area contributed by atoms with Crippen LogP contribution in [-0.4, -0.2) is 46.3 Å². The summed E-state index contributed by atoms with van der Waals surface area (Å²) in [4.78, 5) is 15.6. The first-order valence-corrected chi connectivity index (χ1v) is 10.9. The number of nitrogens with one attached hydrogen (secondary N) is 1. The van der Waals surface area contributed by atoms with E-state index in [1.165, 1.54) is 12.1 Å². The molecule has 1 spiro atoms. The van der Waals surface area contributed by atoms with Crippen LogP contribution in [0.15, 0.2) is 24.3 Å². The van der Waals surface area contributed by atoms with Gasteiger partial charge in [-0.15, -0.1) is 0 Å². The van der Waals surface area contributed by atoms with Crippen LogP contribution in [0.1, 0.15) is 65.5 Å². The molecule has 1 aromatic heterocycles. The van der Waals surface area contributed by atoms with Crippen LogP contribution in [0.5, 0.6) is 5.75 Å². The summed E-state index contributed by atoms with van der Waals surface area (Å²) in [5.74, 6) is 0.866. The van der Waals surface area contributed by atoms with Crippen molar-refractivity contribution in [1.29, 1.82) is 0 Å². The lowest BCUT2D eigenvalue weighted by atomic mass is 9.80. The lowest BCUT2D eigenvalue weighted by Gasteiger charge is -2.46. The number of fused-ring (bicyclic) bond motifs is 2. The van der Waals surface area contributed by atoms with E-state index in [0.29, 0.717) is 5.69 Å². The van der Waals surface area contributed by atoms with Crippen molar-refractivity contribution < 1.29 is 9.53 Å². The monoisotopic (exact) mass is 394 g/mol.